The maximum Gasteiger partial charge on any atom is 0.390 e. The van der Waals surface area contributed by atoms with Crippen LogP contribution in [-0.4, -0.2) is 35.8 Å². The van der Waals surface area contributed by atoms with Crippen LogP contribution in [0.5, 0.6) is 0 Å². The van der Waals surface area contributed by atoms with Gasteiger partial charge in [-0.2, -0.15) is 8.78 Å². The molecule has 1 unspecified atom stereocenters. The fourth-order valence-electron chi connectivity index (χ4n) is 1.07. The highest BCUT2D eigenvalue weighted by Gasteiger charge is 2.55. The topological polar surface area (TPSA) is 53.3 Å². The predicted octanol–water partition coefficient (Wildman–Crippen LogP) is 2.30. The summed E-state index contributed by atoms with van der Waals surface area (Å²) in [5.41, 5.74) is -3.34. The number of halogens is 3. The molecule has 0 aliphatic rings. The lowest BCUT2D eigenvalue weighted by Crippen LogP contribution is -2.54. The Balaban J connectivity index is 4.74. The molecule has 0 aromatic carbocycles. The lowest BCUT2D eigenvalue weighted by atomic mass is 9.93. The molecular formula is C10H16F3NO2. The molecule has 0 radical (unpaired) electrons. The van der Waals surface area contributed by atoms with Crippen LogP contribution in [0.2, 0.25) is 0 Å². The van der Waals surface area contributed by atoms with Gasteiger partial charge in [-0.15, -0.1) is 6.58 Å². The second kappa shape index (κ2) is 6.00. The SMILES string of the molecule is C=CCC(O)(C(C)=N)C(F)(F)OCCCF. The van der Waals surface area contributed by atoms with E-state index in [9.17, 15) is 18.3 Å². The van der Waals surface area contributed by atoms with E-state index in [0.29, 0.717) is 0 Å². The minimum atomic E-state index is -3.93. The van der Waals surface area contributed by atoms with Gasteiger partial charge in [0, 0.05) is 12.1 Å². The first kappa shape index (κ1) is 15.1. The van der Waals surface area contributed by atoms with Gasteiger partial charge >= 0.3 is 6.11 Å². The molecule has 94 valence electrons. The summed E-state index contributed by atoms with van der Waals surface area (Å²) in [6.45, 7) is 2.99. The molecule has 3 nitrogen and oxygen atoms in total. The van der Waals surface area contributed by atoms with Crippen molar-refractivity contribution < 1.29 is 23.0 Å². The summed E-state index contributed by atoms with van der Waals surface area (Å²) in [5, 5.41) is 16.8. The molecule has 0 aromatic heterocycles. The molecule has 0 bridgehead atoms. The Morgan fingerprint density at radius 1 is 1.56 bits per heavy atom. The van der Waals surface area contributed by atoms with E-state index in [1.165, 1.54) is 0 Å². The third kappa shape index (κ3) is 3.31. The van der Waals surface area contributed by atoms with Crippen molar-refractivity contribution >= 4 is 5.71 Å². The van der Waals surface area contributed by atoms with Crippen LogP contribution in [0.1, 0.15) is 19.8 Å². The van der Waals surface area contributed by atoms with Crippen LogP contribution < -0.4 is 0 Å². The molecule has 0 heterocycles. The summed E-state index contributed by atoms with van der Waals surface area (Å²) in [6.07, 6.45) is -3.55. The number of ether oxygens (including phenoxy) is 1. The Hall–Kier alpha value is -0.880. The highest BCUT2D eigenvalue weighted by molar-refractivity contribution is 5.88. The van der Waals surface area contributed by atoms with Crippen LogP contribution in [0.15, 0.2) is 12.7 Å². The zero-order valence-corrected chi connectivity index (χ0v) is 9.10. The molecule has 0 spiro atoms. The summed E-state index contributed by atoms with van der Waals surface area (Å²) < 4.78 is 42.8. The fraction of sp³-hybridized carbons (Fsp3) is 0.700. The van der Waals surface area contributed by atoms with Gasteiger partial charge < -0.3 is 15.3 Å². The van der Waals surface area contributed by atoms with Gasteiger partial charge in [-0.1, -0.05) is 6.08 Å². The van der Waals surface area contributed by atoms with E-state index < -0.39 is 37.1 Å². The van der Waals surface area contributed by atoms with Crippen LogP contribution in [0, 0.1) is 5.41 Å². The number of hydrogen-bond donors (Lipinski definition) is 2. The van der Waals surface area contributed by atoms with Crippen molar-refractivity contribution in [2.24, 2.45) is 0 Å². The fourth-order valence-corrected chi connectivity index (χ4v) is 1.07. The second-order valence-electron chi connectivity index (χ2n) is 3.39. The van der Waals surface area contributed by atoms with Gasteiger partial charge in [0.1, 0.15) is 0 Å². The molecule has 1 atom stereocenters. The smallest absolute Gasteiger partial charge is 0.375 e. The number of alkyl halides is 3. The van der Waals surface area contributed by atoms with Gasteiger partial charge in [-0.05, 0) is 13.3 Å². The molecule has 0 saturated heterocycles. The van der Waals surface area contributed by atoms with Crippen LogP contribution in [0.3, 0.4) is 0 Å². The van der Waals surface area contributed by atoms with E-state index in [2.05, 4.69) is 11.3 Å². The zero-order chi connectivity index (χ0) is 12.8. The normalized spacial score (nSPS) is 15.6. The quantitative estimate of drug-likeness (QED) is 0.388. The molecule has 16 heavy (non-hydrogen) atoms. The van der Waals surface area contributed by atoms with Crippen LogP contribution in [0.25, 0.3) is 0 Å². The molecular weight excluding hydrogens is 223 g/mol. The summed E-state index contributed by atoms with van der Waals surface area (Å²) >= 11 is 0. The molecule has 0 aromatic rings. The van der Waals surface area contributed by atoms with Crippen LogP contribution in [0.4, 0.5) is 13.2 Å². The molecule has 0 fully saturated rings. The van der Waals surface area contributed by atoms with E-state index in [0.717, 1.165) is 13.0 Å². The van der Waals surface area contributed by atoms with E-state index in [4.69, 9.17) is 5.41 Å². The number of nitrogens with one attached hydrogen (secondary N) is 1. The average molecular weight is 239 g/mol. The van der Waals surface area contributed by atoms with Crippen molar-refractivity contribution in [1.29, 1.82) is 5.41 Å². The standard InChI is InChI=1S/C10H16F3NO2/c1-3-5-9(15,8(2)14)10(12,13)16-7-4-6-11/h3,14-15H,1,4-7H2,2H3. The maximum absolute atomic E-state index is 13.5. The number of hydrogen-bond acceptors (Lipinski definition) is 3. The highest BCUT2D eigenvalue weighted by atomic mass is 19.3. The molecule has 0 aliphatic carbocycles. The summed E-state index contributed by atoms with van der Waals surface area (Å²) in [5.74, 6) is 0. The molecule has 0 amide bonds. The Bertz CT molecular complexity index is 258. The number of rotatable bonds is 8. The van der Waals surface area contributed by atoms with Crippen molar-refractivity contribution in [3.63, 3.8) is 0 Å². The monoisotopic (exact) mass is 239 g/mol. The molecule has 0 rings (SSSR count). The van der Waals surface area contributed by atoms with Gasteiger partial charge in [0.2, 0.25) is 0 Å². The molecule has 0 saturated carbocycles. The maximum atomic E-state index is 13.5. The first-order valence-corrected chi connectivity index (χ1v) is 4.78. The van der Waals surface area contributed by atoms with Gasteiger partial charge in [0.25, 0.3) is 0 Å². The predicted molar refractivity (Wildman–Crippen MR) is 54.7 cm³/mol. The van der Waals surface area contributed by atoms with Gasteiger partial charge in [0.15, 0.2) is 5.60 Å². The van der Waals surface area contributed by atoms with Crippen molar-refractivity contribution in [2.45, 2.75) is 31.5 Å². The lowest BCUT2D eigenvalue weighted by Gasteiger charge is -2.33. The lowest BCUT2D eigenvalue weighted by molar-refractivity contribution is -0.308. The Labute approximate surface area is 92.4 Å². The Morgan fingerprint density at radius 3 is 2.50 bits per heavy atom. The Morgan fingerprint density at radius 2 is 2.12 bits per heavy atom. The minimum absolute atomic E-state index is 0.184. The largest absolute Gasteiger partial charge is 0.390 e. The first-order valence-electron chi connectivity index (χ1n) is 4.78. The van der Waals surface area contributed by atoms with Crippen LogP contribution in [-0.2, 0) is 4.74 Å². The van der Waals surface area contributed by atoms with Crippen molar-refractivity contribution in [3.8, 4) is 0 Å². The van der Waals surface area contributed by atoms with Crippen molar-refractivity contribution in [1.82, 2.24) is 0 Å². The minimum Gasteiger partial charge on any atom is -0.375 e. The molecule has 6 heteroatoms. The average Bonchev–Trinajstić information content (AvgIpc) is 2.17. The molecule has 0 aliphatic heterocycles. The third-order valence-corrected chi connectivity index (χ3v) is 2.10. The highest BCUT2D eigenvalue weighted by Crippen LogP contribution is 2.34. The first-order chi connectivity index (χ1) is 7.31. The van der Waals surface area contributed by atoms with Crippen LogP contribution >= 0.6 is 0 Å². The summed E-state index contributed by atoms with van der Waals surface area (Å²) in [7, 11) is 0. The second-order valence-corrected chi connectivity index (χ2v) is 3.39. The molecule has 2 N–H and O–H groups in total. The third-order valence-electron chi connectivity index (χ3n) is 2.10. The zero-order valence-electron chi connectivity index (χ0n) is 9.10. The van der Waals surface area contributed by atoms with E-state index in [1.54, 1.807) is 0 Å². The van der Waals surface area contributed by atoms with E-state index in [1.807, 2.05) is 0 Å². The van der Waals surface area contributed by atoms with Gasteiger partial charge in [-0.3, -0.25) is 4.39 Å². The van der Waals surface area contributed by atoms with Gasteiger partial charge in [-0.25, -0.2) is 0 Å². The summed E-state index contributed by atoms with van der Waals surface area (Å²) in [6, 6.07) is 0. The number of aliphatic hydroxyl groups is 1. The van der Waals surface area contributed by atoms with E-state index >= 15 is 0 Å². The Kier molecular flexibility index (Phi) is 5.67. The van der Waals surface area contributed by atoms with Crippen molar-refractivity contribution in [3.05, 3.63) is 12.7 Å². The van der Waals surface area contributed by atoms with Crippen molar-refractivity contribution in [2.75, 3.05) is 13.3 Å². The summed E-state index contributed by atoms with van der Waals surface area (Å²) in [4.78, 5) is 0. The van der Waals surface area contributed by atoms with E-state index in [-0.39, 0.29) is 6.42 Å². The van der Waals surface area contributed by atoms with Gasteiger partial charge in [0.05, 0.1) is 13.3 Å².